The Hall–Kier alpha value is -1.36. The third-order valence-corrected chi connectivity index (χ3v) is 4.25. The third-order valence-electron chi connectivity index (χ3n) is 4.25. The van der Waals surface area contributed by atoms with Crippen molar-refractivity contribution < 1.29 is 4.79 Å². The molecular formula is C15H26N4O. The minimum atomic E-state index is 0.0612. The summed E-state index contributed by atoms with van der Waals surface area (Å²) in [7, 11) is 0. The molecule has 1 aliphatic carbocycles. The monoisotopic (exact) mass is 278 g/mol. The Bertz CT molecular complexity index is 459. The molecule has 0 atom stereocenters. The molecule has 112 valence electrons. The molecule has 1 aromatic rings. The van der Waals surface area contributed by atoms with Crippen LogP contribution in [-0.2, 0) is 17.9 Å². The smallest absolute Gasteiger partial charge is 0.241 e. The van der Waals surface area contributed by atoms with E-state index in [1.807, 2.05) is 13.8 Å². The topological polar surface area (TPSA) is 72.9 Å². The highest BCUT2D eigenvalue weighted by Crippen LogP contribution is 2.17. The molecule has 1 heterocycles. The number of aromatic nitrogens is 2. The number of nitrogens with one attached hydrogen (secondary N) is 1. The minimum Gasteiger partial charge on any atom is -0.352 e. The molecule has 0 aliphatic heterocycles. The molecule has 5 nitrogen and oxygen atoms in total. The summed E-state index contributed by atoms with van der Waals surface area (Å²) in [6, 6.07) is 0.343. The van der Waals surface area contributed by atoms with Crippen LogP contribution in [0.5, 0.6) is 0 Å². The van der Waals surface area contributed by atoms with Crippen molar-refractivity contribution in [3.8, 4) is 0 Å². The van der Waals surface area contributed by atoms with Crippen LogP contribution in [0.15, 0.2) is 0 Å². The van der Waals surface area contributed by atoms with E-state index in [4.69, 9.17) is 5.73 Å². The Balaban J connectivity index is 1.94. The van der Waals surface area contributed by atoms with Gasteiger partial charge in [-0.15, -0.1) is 0 Å². The third kappa shape index (κ3) is 3.60. The first kappa shape index (κ1) is 15.0. The zero-order valence-electron chi connectivity index (χ0n) is 12.6. The quantitative estimate of drug-likeness (QED) is 0.825. The van der Waals surface area contributed by atoms with Gasteiger partial charge in [0.05, 0.1) is 5.69 Å². The first-order chi connectivity index (χ1) is 9.61. The fraction of sp³-hybridized carbons (Fsp3) is 0.733. The number of hydrogen-bond donors (Lipinski definition) is 2. The first-order valence-electron chi connectivity index (χ1n) is 7.64. The van der Waals surface area contributed by atoms with Crippen LogP contribution in [0.2, 0.25) is 0 Å². The molecule has 1 aromatic heterocycles. The van der Waals surface area contributed by atoms with Gasteiger partial charge < -0.3 is 11.1 Å². The number of nitrogens with zero attached hydrogens (tertiary/aromatic N) is 2. The number of aryl methyl sites for hydroxylation is 1. The molecule has 0 unspecified atom stereocenters. The van der Waals surface area contributed by atoms with E-state index in [1.165, 1.54) is 25.7 Å². The molecule has 20 heavy (non-hydrogen) atoms. The summed E-state index contributed by atoms with van der Waals surface area (Å²) in [5, 5.41) is 7.56. The molecule has 3 N–H and O–H groups in total. The lowest BCUT2D eigenvalue weighted by Crippen LogP contribution is -2.37. The van der Waals surface area contributed by atoms with Crippen LogP contribution in [0, 0.1) is 13.8 Å². The van der Waals surface area contributed by atoms with Crippen molar-refractivity contribution >= 4 is 5.91 Å². The molecule has 0 aromatic carbocycles. The molecule has 1 amide bonds. The summed E-state index contributed by atoms with van der Waals surface area (Å²) < 4.78 is 1.77. The number of nitrogens with two attached hydrogens (primary N) is 1. The summed E-state index contributed by atoms with van der Waals surface area (Å²) in [5.41, 5.74) is 8.68. The van der Waals surface area contributed by atoms with Crippen LogP contribution in [0.3, 0.4) is 0 Å². The van der Waals surface area contributed by atoms with Crippen molar-refractivity contribution in [1.29, 1.82) is 0 Å². The molecule has 0 bridgehead atoms. The molecule has 1 aliphatic rings. The van der Waals surface area contributed by atoms with Crippen molar-refractivity contribution in [1.82, 2.24) is 15.1 Å². The highest BCUT2D eigenvalue weighted by Gasteiger charge is 2.17. The number of carbonyl (C=O) groups is 1. The molecule has 1 saturated carbocycles. The summed E-state index contributed by atoms with van der Waals surface area (Å²) in [6.45, 7) is 4.68. The van der Waals surface area contributed by atoms with Crippen LogP contribution < -0.4 is 11.1 Å². The lowest BCUT2D eigenvalue weighted by Gasteiger charge is -2.16. The summed E-state index contributed by atoms with van der Waals surface area (Å²) in [5.74, 6) is 0.0612. The molecule has 0 saturated heterocycles. The van der Waals surface area contributed by atoms with E-state index < -0.39 is 0 Å². The van der Waals surface area contributed by atoms with Gasteiger partial charge in [0, 0.05) is 23.8 Å². The number of carbonyl (C=O) groups excluding carboxylic acids is 1. The van der Waals surface area contributed by atoms with Crippen LogP contribution in [0.4, 0.5) is 0 Å². The maximum Gasteiger partial charge on any atom is 0.241 e. The second-order valence-electron chi connectivity index (χ2n) is 5.77. The van der Waals surface area contributed by atoms with E-state index in [2.05, 4.69) is 10.4 Å². The van der Waals surface area contributed by atoms with Crippen LogP contribution in [-0.4, -0.2) is 21.7 Å². The Morgan fingerprint density at radius 3 is 2.50 bits per heavy atom. The standard InChI is InChI=1S/C15H26N4O/c1-11-14(9-16)12(2)19(18-11)10-15(20)17-13-7-5-3-4-6-8-13/h13H,3-10,16H2,1-2H3,(H,17,20). The Kier molecular flexibility index (Phi) is 5.17. The fourth-order valence-electron chi connectivity index (χ4n) is 3.02. The van der Waals surface area contributed by atoms with E-state index in [0.29, 0.717) is 19.1 Å². The second-order valence-corrected chi connectivity index (χ2v) is 5.77. The normalized spacial score (nSPS) is 16.9. The molecule has 5 heteroatoms. The number of amides is 1. The van der Waals surface area contributed by atoms with E-state index in [0.717, 1.165) is 29.8 Å². The van der Waals surface area contributed by atoms with E-state index >= 15 is 0 Å². The molecule has 2 rings (SSSR count). The lowest BCUT2D eigenvalue weighted by molar-refractivity contribution is -0.122. The maximum atomic E-state index is 12.2. The first-order valence-corrected chi connectivity index (χ1v) is 7.64. The van der Waals surface area contributed by atoms with Crippen LogP contribution in [0.25, 0.3) is 0 Å². The average molecular weight is 278 g/mol. The van der Waals surface area contributed by atoms with Gasteiger partial charge in [-0.1, -0.05) is 25.7 Å². The summed E-state index contributed by atoms with van der Waals surface area (Å²) in [6.07, 6.45) is 7.26. The number of hydrogen-bond acceptors (Lipinski definition) is 3. The highest BCUT2D eigenvalue weighted by molar-refractivity contribution is 5.76. The maximum absolute atomic E-state index is 12.2. The predicted octanol–water partition coefficient (Wildman–Crippen LogP) is 1.80. The van der Waals surface area contributed by atoms with Gasteiger partial charge in [0.1, 0.15) is 6.54 Å². The van der Waals surface area contributed by atoms with Crippen molar-refractivity contribution in [3.63, 3.8) is 0 Å². The predicted molar refractivity (Wildman–Crippen MR) is 79.2 cm³/mol. The van der Waals surface area contributed by atoms with Gasteiger partial charge in [0.15, 0.2) is 0 Å². The van der Waals surface area contributed by atoms with Crippen molar-refractivity contribution in [3.05, 3.63) is 17.0 Å². The zero-order valence-corrected chi connectivity index (χ0v) is 12.6. The van der Waals surface area contributed by atoms with Crippen molar-refractivity contribution in [2.45, 2.75) is 71.5 Å². The zero-order chi connectivity index (χ0) is 14.5. The van der Waals surface area contributed by atoms with Crippen molar-refractivity contribution in [2.75, 3.05) is 0 Å². The van der Waals surface area contributed by atoms with Crippen LogP contribution in [0.1, 0.15) is 55.5 Å². The highest BCUT2D eigenvalue weighted by atomic mass is 16.2. The average Bonchev–Trinajstić information content (AvgIpc) is 2.60. The van der Waals surface area contributed by atoms with Crippen molar-refractivity contribution in [2.24, 2.45) is 5.73 Å². The lowest BCUT2D eigenvalue weighted by atomic mass is 10.1. The SMILES string of the molecule is Cc1nn(CC(=O)NC2CCCCCC2)c(C)c1CN. The van der Waals surface area contributed by atoms with Gasteiger partial charge in [-0.05, 0) is 26.7 Å². The molecular weight excluding hydrogens is 252 g/mol. The molecule has 1 fully saturated rings. The van der Waals surface area contributed by atoms with E-state index in [1.54, 1.807) is 4.68 Å². The fourth-order valence-corrected chi connectivity index (χ4v) is 3.02. The Labute approximate surface area is 120 Å². The Morgan fingerprint density at radius 1 is 1.30 bits per heavy atom. The molecule has 0 radical (unpaired) electrons. The van der Waals surface area contributed by atoms with E-state index in [9.17, 15) is 4.79 Å². The van der Waals surface area contributed by atoms with E-state index in [-0.39, 0.29) is 5.91 Å². The Morgan fingerprint density at radius 2 is 1.95 bits per heavy atom. The van der Waals surface area contributed by atoms with Gasteiger partial charge in [0.2, 0.25) is 5.91 Å². The van der Waals surface area contributed by atoms with Gasteiger partial charge >= 0.3 is 0 Å². The van der Waals surface area contributed by atoms with Gasteiger partial charge in [-0.25, -0.2) is 0 Å². The van der Waals surface area contributed by atoms with Gasteiger partial charge in [-0.2, -0.15) is 5.10 Å². The second kappa shape index (κ2) is 6.88. The number of rotatable bonds is 4. The molecule has 0 spiro atoms. The van der Waals surface area contributed by atoms with Crippen LogP contribution >= 0.6 is 0 Å². The van der Waals surface area contributed by atoms with Gasteiger partial charge in [-0.3, -0.25) is 9.48 Å². The summed E-state index contributed by atoms with van der Waals surface area (Å²) in [4.78, 5) is 12.2. The minimum absolute atomic E-state index is 0.0612. The largest absolute Gasteiger partial charge is 0.352 e. The van der Waals surface area contributed by atoms with Gasteiger partial charge in [0.25, 0.3) is 0 Å². The summed E-state index contributed by atoms with van der Waals surface area (Å²) >= 11 is 0.